The Kier molecular flexibility index (Phi) is 3.43. The van der Waals surface area contributed by atoms with Gasteiger partial charge in [0.1, 0.15) is 11.6 Å². The van der Waals surface area contributed by atoms with Crippen LogP contribution < -0.4 is 10.5 Å². The Hall–Kier alpha value is -2.14. The Morgan fingerprint density at radius 2 is 2.17 bits per heavy atom. The highest BCUT2D eigenvalue weighted by Gasteiger charge is 2.11. The summed E-state index contributed by atoms with van der Waals surface area (Å²) in [6.07, 6.45) is 1.44. The molecule has 0 atom stereocenters. The molecule has 1 aromatic carbocycles. The van der Waals surface area contributed by atoms with Crippen molar-refractivity contribution in [2.45, 2.75) is 6.92 Å². The van der Waals surface area contributed by atoms with Crippen molar-refractivity contribution in [3.63, 3.8) is 0 Å². The fraction of sp³-hybridized carbons (Fsp3) is 0.0833. The first kappa shape index (κ1) is 12.3. The molecule has 6 heteroatoms. The zero-order valence-electron chi connectivity index (χ0n) is 9.64. The molecular weight excluding hydrogens is 252 g/mol. The Morgan fingerprint density at radius 1 is 1.39 bits per heavy atom. The highest BCUT2D eigenvalue weighted by Crippen LogP contribution is 2.30. The summed E-state index contributed by atoms with van der Waals surface area (Å²) >= 11 is 6.05. The molecule has 92 valence electrons. The molecule has 5 nitrogen and oxygen atoms in total. The number of amidine groups is 1. The lowest BCUT2D eigenvalue weighted by molar-refractivity contribution is 0.454. The highest BCUT2D eigenvalue weighted by molar-refractivity contribution is 6.32. The largest absolute Gasteiger partial charge is 0.435 e. The molecule has 0 unspecified atom stereocenters. The molecule has 0 aliphatic carbocycles. The molecule has 0 fully saturated rings. The molecular formula is C12H11ClN4O. The summed E-state index contributed by atoms with van der Waals surface area (Å²) in [5, 5.41) is 15.4. The van der Waals surface area contributed by atoms with Crippen molar-refractivity contribution >= 4 is 17.4 Å². The van der Waals surface area contributed by atoms with Crippen LogP contribution in [0.1, 0.15) is 11.1 Å². The average molecular weight is 263 g/mol. The van der Waals surface area contributed by atoms with E-state index in [1.165, 1.54) is 6.20 Å². The van der Waals surface area contributed by atoms with Gasteiger partial charge in [-0.15, -0.1) is 5.10 Å². The maximum atomic E-state index is 7.43. The van der Waals surface area contributed by atoms with Crippen molar-refractivity contribution in [3.05, 3.63) is 46.6 Å². The van der Waals surface area contributed by atoms with E-state index in [-0.39, 0.29) is 11.7 Å². The summed E-state index contributed by atoms with van der Waals surface area (Å²) in [4.78, 5) is 0. The number of aromatic nitrogens is 2. The lowest BCUT2D eigenvalue weighted by atomic mass is 10.2. The molecule has 0 amide bonds. The highest BCUT2D eigenvalue weighted by atomic mass is 35.5. The third kappa shape index (κ3) is 2.57. The van der Waals surface area contributed by atoms with Crippen molar-refractivity contribution in [1.82, 2.24) is 10.2 Å². The van der Waals surface area contributed by atoms with Crippen LogP contribution >= 0.6 is 11.6 Å². The standard InChI is InChI=1S/C12H11ClN4O/c1-7-2-3-10(9(13)6-7)18-12-8(11(14)15)4-5-16-17-12/h2-6H,1H3,(H3,14,15). The summed E-state index contributed by atoms with van der Waals surface area (Å²) < 4.78 is 5.53. The topological polar surface area (TPSA) is 84.9 Å². The summed E-state index contributed by atoms with van der Waals surface area (Å²) in [6.45, 7) is 1.93. The predicted octanol–water partition coefficient (Wildman–Crippen LogP) is 2.51. The van der Waals surface area contributed by atoms with Crippen molar-refractivity contribution in [2.75, 3.05) is 0 Å². The third-order valence-corrected chi connectivity index (χ3v) is 2.57. The number of nitrogens with one attached hydrogen (secondary N) is 1. The molecule has 0 spiro atoms. The second-order valence-electron chi connectivity index (χ2n) is 3.70. The van der Waals surface area contributed by atoms with Gasteiger partial charge in [-0.05, 0) is 30.7 Å². The van der Waals surface area contributed by atoms with Gasteiger partial charge in [0.2, 0.25) is 5.88 Å². The fourth-order valence-electron chi connectivity index (χ4n) is 1.39. The summed E-state index contributed by atoms with van der Waals surface area (Å²) in [5.41, 5.74) is 6.84. The van der Waals surface area contributed by atoms with Crippen molar-refractivity contribution in [1.29, 1.82) is 5.41 Å². The maximum Gasteiger partial charge on any atom is 0.249 e. The van der Waals surface area contributed by atoms with E-state index in [9.17, 15) is 0 Å². The minimum Gasteiger partial charge on any atom is -0.435 e. The number of nitrogens with two attached hydrogens (primary N) is 1. The third-order valence-electron chi connectivity index (χ3n) is 2.27. The first-order chi connectivity index (χ1) is 8.58. The molecule has 18 heavy (non-hydrogen) atoms. The zero-order chi connectivity index (χ0) is 13.1. The van der Waals surface area contributed by atoms with Crippen LogP contribution in [-0.4, -0.2) is 16.0 Å². The van der Waals surface area contributed by atoms with Gasteiger partial charge in [-0.2, -0.15) is 5.10 Å². The van der Waals surface area contributed by atoms with Crippen LogP contribution in [0.2, 0.25) is 5.02 Å². The van der Waals surface area contributed by atoms with Crippen LogP contribution in [0.15, 0.2) is 30.5 Å². The monoisotopic (exact) mass is 262 g/mol. The van der Waals surface area contributed by atoms with E-state index in [4.69, 9.17) is 27.5 Å². The summed E-state index contributed by atoms with van der Waals surface area (Å²) in [6, 6.07) is 6.94. The fourth-order valence-corrected chi connectivity index (χ4v) is 1.67. The quantitative estimate of drug-likeness (QED) is 0.657. The first-order valence-electron chi connectivity index (χ1n) is 5.18. The van der Waals surface area contributed by atoms with Crippen molar-refractivity contribution in [3.8, 4) is 11.6 Å². The minimum atomic E-state index is -0.136. The predicted molar refractivity (Wildman–Crippen MR) is 69.3 cm³/mol. The number of nitrogen functional groups attached to an aromatic ring is 1. The molecule has 0 saturated carbocycles. The van der Waals surface area contributed by atoms with E-state index in [2.05, 4.69) is 10.2 Å². The maximum absolute atomic E-state index is 7.43. The van der Waals surface area contributed by atoms with Gasteiger partial charge in [-0.25, -0.2) is 0 Å². The smallest absolute Gasteiger partial charge is 0.249 e. The summed E-state index contributed by atoms with van der Waals surface area (Å²) in [5.74, 6) is 0.476. The van der Waals surface area contributed by atoms with Crippen LogP contribution in [0.3, 0.4) is 0 Å². The van der Waals surface area contributed by atoms with E-state index in [0.717, 1.165) is 5.56 Å². The Labute approximate surface area is 109 Å². The first-order valence-corrected chi connectivity index (χ1v) is 5.56. The number of hydrogen-bond acceptors (Lipinski definition) is 4. The van der Waals surface area contributed by atoms with Crippen LogP contribution in [-0.2, 0) is 0 Å². The number of ether oxygens (including phenoxy) is 1. The van der Waals surface area contributed by atoms with Gasteiger partial charge >= 0.3 is 0 Å². The molecule has 2 rings (SSSR count). The van der Waals surface area contributed by atoms with Gasteiger partial charge in [-0.3, -0.25) is 5.41 Å². The number of nitrogens with zero attached hydrogens (tertiary/aromatic N) is 2. The second kappa shape index (κ2) is 5.01. The number of halogens is 1. The Morgan fingerprint density at radius 3 is 2.83 bits per heavy atom. The van der Waals surface area contributed by atoms with E-state index in [1.54, 1.807) is 18.2 Å². The molecule has 3 N–H and O–H groups in total. The Balaban J connectivity index is 2.37. The number of aryl methyl sites for hydroxylation is 1. The normalized spacial score (nSPS) is 10.1. The van der Waals surface area contributed by atoms with Crippen LogP contribution in [0, 0.1) is 12.3 Å². The summed E-state index contributed by atoms with van der Waals surface area (Å²) in [7, 11) is 0. The van der Waals surface area contributed by atoms with Crippen LogP contribution in [0.5, 0.6) is 11.6 Å². The zero-order valence-corrected chi connectivity index (χ0v) is 10.4. The lowest BCUT2D eigenvalue weighted by Gasteiger charge is -2.09. The molecule has 2 aromatic rings. The van der Waals surface area contributed by atoms with Crippen molar-refractivity contribution in [2.24, 2.45) is 5.73 Å². The van der Waals surface area contributed by atoms with Gasteiger partial charge in [0.25, 0.3) is 0 Å². The Bertz CT molecular complexity index is 600. The van der Waals surface area contributed by atoms with E-state index < -0.39 is 0 Å². The molecule has 0 aliphatic heterocycles. The number of hydrogen-bond donors (Lipinski definition) is 2. The molecule has 0 radical (unpaired) electrons. The number of rotatable bonds is 3. The van der Waals surface area contributed by atoms with Gasteiger partial charge in [0, 0.05) is 0 Å². The van der Waals surface area contributed by atoms with E-state index in [1.807, 2.05) is 13.0 Å². The van der Waals surface area contributed by atoms with Crippen LogP contribution in [0.4, 0.5) is 0 Å². The molecule has 1 aromatic heterocycles. The van der Waals surface area contributed by atoms with Crippen LogP contribution in [0.25, 0.3) is 0 Å². The lowest BCUT2D eigenvalue weighted by Crippen LogP contribution is -2.13. The van der Waals surface area contributed by atoms with Gasteiger partial charge in [0.05, 0.1) is 16.8 Å². The number of benzene rings is 1. The van der Waals surface area contributed by atoms with E-state index in [0.29, 0.717) is 16.3 Å². The molecule has 0 aliphatic rings. The second-order valence-corrected chi connectivity index (χ2v) is 4.11. The van der Waals surface area contributed by atoms with Gasteiger partial charge < -0.3 is 10.5 Å². The molecule has 0 bridgehead atoms. The van der Waals surface area contributed by atoms with Crippen molar-refractivity contribution < 1.29 is 4.74 Å². The SMILES string of the molecule is Cc1ccc(Oc2nnccc2C(=N)N)c(Cl)c1. The van der Waals surface area contributed by atoms with Gasteiger partial charge in [-0.1, -0.05) is 17.7 Å². The van der Waals surface area contributed by atoms with E-state index >= 15 is 0 Å². The van der Waals surface area contributed by atoms with Gasteiger partial charge in [0.15, 0.2) is 0 Å². The molecule has 0 saturated heterocycles. The molecule has 1 heterocycles. The average Bonchev–Trinajstić information content (AvgIpc) is 2.33. The minimum absolute atomic E-state index is 0.136.